The molecule has 1 unspecified atom stereocenters. The summed E-state index contributed by atoms with van der Waals surface area (Å²) in [4.78, 5) is 0. The Labute approximate surface area is 105 Å². The lowest BCUT2D eigenvalue weighted by atomic mass is 10.1. The van der Waals surface area contributed by atoms with Crippen LogP contribution in [0.3, 0.4) is 0 Å². The van der Waals surface area contributed by atoms with E-state index in [2.05, 4.69) is 6.92 Å². The molecular weight excluding hydrogens is 240 g/mol. The Kier molecular flexibility index (Phi) is 9.78. The first kappa shape index (κ1) is 16.9. The number of aliphatic hydroxyl groups excluding tert-OH is 1. The molecule has 0 heterocycles. The summed E-state index contributed by atoms with van der Waals surface area (Å²) in [5.74, 6) is 0. The summed E-state index contributed by atoms with van der Waals surface area (Å²) in [5, 5.41) is 8.01. The Hall–Kier alpha value is -0.130. The van der Waals surface area contributed by atoms with Crippen LogP contribution in [0.15, 0.2) is 0 Å². The molecule has 4 nitrogen and oxygen atoms in total. The quantitative estimate of drug-likeness (QED) is 0.445. The topological polar surface area (TPSA) is 74.6 Å². The van der Waals surface area contributed by atoms with Crippen molar-refractivity contribution in [2.24, 2.45) is 0 Å². The van der Waals surface area contributed by atoms with Crippen molar-refractivity contribution in [1.29, 1.82) is 0 Å². The monoisotopic (exact) mass is 266 g/mol. The van der Waals surface area contributed by atoms with Crippen LogP contribution in [0, 0.1) is 0 Å². The zero-order chi connectivity index (χ0) is 13.1. The van der Waals surface area contributed by atoms with E-state index in [1.165, 1.54) is 0 Å². The van der Waals surface area contributed by atoms with Crippen molar-refractivity contribution < 1.29 is 18.1 Å². The number of unbranched alkanes of at least 4 members (excludes halogenated alkanes) is 5. The molecule has 0 radical (unpaired) electrons. The van der Waals surface area contributed by atoms with E-state index in [-0.39, 0.29) is 6.61 Å². The van der Waals surface area contributed by atoms with Gasteiger partial charge < -0.3 is 5.11 Å². The number of rotatable bonds is 11. The minimum absolute atomic E-state index is 0.146. The van der Waals surface area contributed by atoms with Crippen molar-refractivity contribution in [1.82, 2.24) is 0 Å². The molecule has 0 spiro atoms. The van der Waals surface area contributed by atoms with E-state index in [4.69, 9.17) is 9.66 Å². The van der Waals surface area contributed by atoms with Gasteiger partial charge in [0.1, 0.15) is 0 Å². The largest absolute Gasteiger partial charge is 0.396 e. The third-order valence-electron chi connectivity index (χ3n) is 2.99. The highest BCUT2D eigenvalue weighted by Crippen LogP contribution is 2.17. The van der Waals surface area contributed by atoms with Crippen molar-refractivity contribution in [2.45, 2.75) is 70.0 Å². The predicted octanol–water partition coefficient (Wildman–Crippen LogP) is 2.77. The van der Waals surface area contributed by atoms with Gasteiger partial charge in [-0.2, -0.15) is 8.42 Å². The minimum Gasteiger partial charge on any atom is -0.396 e. The normalized spacial score (nSPS) is 13.8. The van der Waals surface area contributed by atoms with Crippen molar-refractivity contribution in [3.63, 3.8) is 0 Å². The second-order valence-corrected chi connectivity index (χ2v) is 6.26. The van der Waals surface area contributed by atoms with Gasteiger partial charge in [0.05, 0.1) is 5.25 Å². The Morgan fingerprint density at radius 2 is 1.47 bits per heavy atom. The van der Waals surface area contributed by atoms with Gasteiger partial charge >= 0.3 is 0 Å². The summed E-state index contributed by atoms with van der Waals surface area (Å²) >= 11 is 0. The van der Waals surface area contributed by atoms with Gasteiger partial charge in [0.2, 0.25) is 0 Å². The molecule has 0 aliphatic carbocycles. The van der Waals surface area contributed by atoms with Gasteiger partial charge in [0, 0.05) is 6.61 Å². The Morgan fingerprint density at radius 1 is 0.941 bits per heavy atom. The van der Waals surface area contributed by atoms with Crippen LogP contribution in [-0.4, -0.2) is 29.9 Å². The van der Waals surface area contributed by atoms with Crippen LogP contribution in [0.1, 0.15) is 64.7 Å². The fourth-order valence-electron chi connectivity index (χ4n) is 1.90. The van der Waals surface area contributed by atoms with Crippen molar-refractivity contribution in [3.05, 3.63) is 0 Å². The first-order valence-electron chi connectivity index (χ1n) is 6.59. The standard InChI is InChI=1S/C12H26O4S/c1-2-3-4-6-9-12(17(14,15)16)10-7-5-8-11-13/h12-13H,2-11H2,1H3,(H,14,15,16). The Morgan fingerprint density at radius 3 is 1.88 bits per heavy atom. The average Bonchev–Trinajstić information content (AvgIpc) is 2.25. The minimum atomic E-state index is -3.90. The van der Waals surface area contributed by atoms with E-state index in [9.17, 15) is 8.42 Å². The molecular formula is C12H26O4S. The van der Waals surface area contributed by atoms with Crippen LogP contribution in [0.5, 0.6) is 0 Å². The Balaban J connectivity index is 3.90. The maximum atomic E-state index is 11.2. The molecule has 0 fully saturated rings. The third kappa shape index (κ3) is 9.56. The maximum absolute atomic E-state index is 11.2. The summed E-state index contributed by atoms with van der Waals surface area (Å²) in [6.45, 7) is 2.25. The predicted molar refractivity (Wildman–Crippen MR) is 69.6 cm³/mol. The zero-order valence-electron chi connectivity index (χ0n) is 10.8. The summed E-state index contributed by atoms with van der Waals surface area (Å²) in [7, 11) is -3.90. The van der Waals surface area contributed by atoms with Crippen LogP contribution in [0.2, 0.25) is 0 Å². The lowest BCUT2D eigenvalue weighted by Crippen LogP contribution is -2.20. The third-order valence-corrected chi connectivity index (χ3v) is 4.30. The maximum Gasteiger partial charge on any atom is 0.267 e. The van der Waals surface area contributed by atoms with Crippen molar-refractivity contribution in [2.75, 3.05) is 6.61 Å². The first-order chi connectivity index (χ1) is 8.02. The van der Waals surface area contributed by atoms with E-state index in [1.807, 2.05) is 0 Å². The summed E-state index contributed by atoms with van der Waals surface area (Å²) in [6, 6.07) is 0. The van der Waals surface area contributed by atoms with Gasteiger partial charge in [0.15, 0.2) is 0 Å². The first-order valence-corrected chi connectivity index (χ1v) is 8.09. The summed E-state index contributed by atoms with van der Waals surface area (Å²) in [5.41, 5.74) is 0. The SMILES string of the molecule is CCCCCCC(CCCCCO)S(=O)(=O)O. The smallest absolute Gasteiger partial charge is 0.267 e. The van der Waals surface area contributed by atoms with Gasteiger partial charge in [-0.25, -0.2) is 0 Å². The zero-order valence-corrected chi connectivity index (χ0v) is 11.6. The van der Waals surface area contributed by atoms with Crippen LogP contribution < -0.4 is 0 Å². The van der Waals surface area contributed by atoms with E-state index >= 15 is 0 Å². The molecule has 1 atom stereocenters. The van der Waals surface area contributed by atoms with Crippen LogP contribution >= 0.6 is 0 Å². The fraction of sp³-hybridized carbons (Fsp3) is 1.00. The summed E-state index contributed by atoms with van der Waals surface area (Å²) < 4.78 is 31.4. The van der Waals surface area contributed by atoms with Crippen LogP contribution in [0.25, 0.3) is 0 Å². The van der Waals surface area contributed by atoms with Gasteiger partial charge in [-0.3, -0.25) is 4.55 Å². The molecule has 17 heavy (non-hydrogen) atoms. The van der Waals surface area contributed by atoms with Gasteiger partial charge in [0.25, 0.3) is 10.1 Å². The number of hydrogen-bond acceptors (Lipinski definition) is 3. The average molecular weight is 266 g/mol. The molecule has 2 N–H and O–H groups in total. The molecule has 0 aromatic heterocycles. The molecule has 104 valence electrons. The lowest BCUT2D eigenvalue weighted by molar-refractivity contribution is 0.282. The highest BCUT2D eigenvalue weighted by atomic mass is 32.2. The highest BCUT2D eigenvalue weighted by Gasteiger charge is 2.21. The molecule has 5 heteroatoms. The van der Waals surface area contributed by atoms with Crippen LogP contribution in [0.4, 0.5) is 0 Å². The van der Waals surface area contributed by atoms with Gasteiger partial charge in [-0.1, -0.05) is 45.4 Å². The Bertz CT molecular complexity index is 250. The molecule has 0 amide bonds. The fourth-order valence-corrected chi connectivity index (χ4v) is 2.83. The molecule has 0 bridgehead atoms. The molecule has 0 aliphatic heterocycles. The highest BCUT2D eigenvalue weighted by molar-refractivity contribution is 7.86. The van der Waals surface area contributed by atoms with Gasteiger partial charge in [-0.15, -0.1) is 0 Å². The number of aliphatic hydroxyl groups is 1. The van der Waals surface area contributed by atoms with E-state index in [0.717, 1.165) is 38.5 Å². The van der Waals surface area contributed by atoms with E-state index in [1.54, 1.807) is 0 Å². The second-order valence-electron chi connectivity index (χ2n) is 4.56. The van der Waals surface area contributed by atoms with Crippen molar-refractivity contribution in [3.8, 4) is 0 Å². The van der Waals surface area contributed by atoms with Crippen molar-refractivity contribution >= 4 is 10.1 Å². The molecule has 0 aliphatic rings. The summed E-state index contributed by atoms with van der Waals surface area (Å²) in [6.07, 6.45) is 7.44. The van der Waals surface area contributed by atoms with E-state index < -0.39 is 15.4 Å². The molecule has 0 aromatic rings. The molecule has 0 aromatic carbocycles. The number of hydrogen-bond donors (Lipinski definition) is 2. The van der Waals surface area contributed by atoms with Crippen LogP contribution in [-0.2, 0) is 10.1 Å². The van der Waals surface area contributed by atoms with E-state index in [0.29, 0.717) is 19.3 Å². The van der Waals surface area contributed by atoms with Gasteiger partial charge in [-0.05, 0) is 19.3 Å². The molecule has 0 rings (SSSR count). The second kappa shape index (κ2) is 9.85. The lowest BCUT2D eigenvalue weighted by Gasteiger charge is -2.13. The molecule has 0 saturated carbocycles. The molecule has 0 saturated heterocycles.